The first-order chi connectivity index (χ1) is 14.2. The smallest absolute Gasteiger partial charge is 0.257 e. The van der Waals surface area contributed by atoms with Crippen LogP contribution in [0.4, 0.5) is 5.69 Å². The number of hydrogen-bond donors (Lipinski definition) is 2. The molecule has 29 heavy (non-hydrogen) atoms. The maximum absolute atomic E-state index is 12.7. The molecule has 1 amide bonds. The van der Waals surface area contributed by atoms with Crippen molar-refractivity contribution in [1.82, 2.24) is 10.2 Å². The van der Waals surface area contributed by atoms with Gasteiger partial charge in [0.15, 0.2) is 0 Å². The molecule has 0 aliphatic carbocycles. The van der Waals surface area contributed by atoms with Crippen LogP contribution in [-0.2, 0) is 11.2 Å². The van der Waals surface area contributed by atoms with E-state index < -0.39 is 0 Å². The first kappa shape index (κ1) is 21.5. The second kappa shape index (κ2) is 11.1. The van der Waals surface area contributed by atoms with Crippen molar-refractivity contribution in [2.45, 2.75) is 13.3 Å². The van der Waals surface area contributed by atoms with Gasteiger partial charge in [-0.05, 0) is 42.3 Å². The van der Waals surface area contributed by atoms with Crippen LogP contribution in [0, 0.1) is 0 Å². The van der Waals surface area contributed by atoms with E-state index in [1.807, 2.05) is 30.3 Å². The quantitative estimate of drug-likeness (QED) is 0.513. The monoisotopic (exact) mass is 458 g/mol. The third kappa shape index (κ3) is 6.66. The summed E-state index contributed by atoms with van der Waals surface area (Å²) < 4.78 is 6.33. The van der Waals surface area contributed by atoms with Gasteiger partial charge in [-0.1, -0.05) is 41.1 Å². The molecule has 0 spiro atoms. The van der Waals surface area contributed by atoms with E-state index >= 15 is 0 Å². The molecule has 6 nitrogen and oxygen atoms in total. The molecule has 0 bridgehead atoms. The fraction of sp³-hybridized carbons (Fsp3) is 0.364. The van der Waals surface area contributed by atoms with Gasteiger partial charge in [0.05, 0.1) is 19.8 Å². The van der Waals surface area contributed by atoms with Gasteiger partial charge in [0.1, 0.15) is 0 Å². The zero-order valence-electron chi connectivity index (χ0n) is 16.7. The van der Waals surface area contributed by atoms with E-state index in [2.05, 4.69) is 49.4 Å². The maximum Gasteiger partial charge on any atom is 0.257 e. The third-order valence-electron chi connectivity index (χ3n) is 4.78. The molecule has 0 radical (unpaired) electrons. The van der Waals surface area contributed by atoms with Crippen molar-refractivity contribution < 1.29 is 9.53 Å². The van der Waals surface area contributed by atoms with E-state index in [1.54, 1.807) is 12.1 Å². The number of anilines is 1. The normalized spacial score (nSPS) is 15.2. The lowest BCUT2D eigenvalue weighted by molar-refractivity contribution is 0.0394. The van der Waals surface area contributed by atoms with Crippen LogP contribution in [0.25, 0.3) is 0 Å². The number of benzene rings is 2. The van der Waals surface area contributed by atoms with E-state index in [1.165, 1.54) is 5.56 Å². The molecule has 1 saturated heterocycles. The molecule has 2 aromatic rings. The number of nitrogens with zero attached hydrogens (tertiary/aromatic N) is 2. The zero-order valence-corrected chi connectivity index (χ0v) is 18.2. The van der Waals surface area contributed by atoms with Crippen molar-refractivity contribution in [3.05, 3.63) is 64.1 Å². The number of nitrogens with one attached hydrogen (secondary N) is 2. The number of aryl methyl sites for hydroxylation is 1. The molecular formula is C22H27BrN4O2. The number of guanidine groups is 1. The number of para-hydroxylation sites is 1. The van der Waals surface area contributed by atoms with Crippen LogP contribution >= 0.6 is 15.9 Å². The van der Waals surface area contributed by atoms with Crippen LogP contribution in [0.5, 0.6) is 0 Å². The Balaban J connectivity index is 1.71. The summed E-state index contributed by atoms with van der Waals surface area (Å²) in [6, 6.07) is 15.3. The van der Waals surface area contributed by atoms with E-state index in [-0.39, 0.29) is 5.91 Å². The second-order valence-corrected chi connectivity index (χ2v) is 7.70. The van der Waals surface area contributed by atoms with Crippen LogP contribution < -0.4 is 10.6 Å². The molecule has 2 N–H and O–H groups in total. The molecule has 0 aromatic heterocycles. The average Bonchev–Trinajstić information content (AvgIpc) is 2.75. The number of aliphatic imine (C=N–C) groups is 1. The highest BCUT2D eigenvalue weighted by atomic mass is 79.9. The molecule has 154 valence electrons. The highest BCUT2D eigenvalue weighted by Crippen LogP contribution is 2.15. The molecule has 0 unspecified atom stereocenters. The number of halogens is 1. The summed E-state index contributed by atoms with van der Waals surface area (Å²) in [7, 11) is 0. The summed E-state index contributed by atoms with van der Waals surface area (Å²) in [5, 5.41) is 6.25. The summed E-state index contributed by atoms with van der Waals surface area (Å²) in [6.45, 7) is 6.90. The van der Waals surface area contributed by atoms with Crippen molar-refractivity contribution >= 4 is 33.5 Å². The van der Waals surface area contributed by atoms with Crippen LogP contribution in [0.2, 0.25) is 0 Å². The molecule has 7 heteroatoms. The summed E-state index contributed by atoms with van der Waals surface area (Å²) >= 11 is 3.40. The van der Waals surface area contributed by atoms with Gasteiger partial charge < -0.3 is 10.1 Å². The molecule has 0 saturated carbocycles. The van der Waals surface area contributed by atoms with Gasteiger partial charge in [-0.2, -0.15) is 0 Å². The Morgan fingerprint density at radius 2 is 1.86 bits per heavy atom. The van der Waals surface area contributed by atoms with E-state index in [4.69, 9.17) is 4.74 Å². The van der Waals surface area contributed by atoms with Crippen LogP contribution in [0.15, 0.2) is 58.0 Å². The van der Waals surface area contributed by atoms with Gasteiger partial charge in [-0.3, -0.25) is 20.0 Å². The van der Waals surface area contributed by atoms with Crippen molar-refractivity contribution in [3.63, 3.8) is 0 Å². The third-order valence-corrected chi connectivity index (χ3v) is 5.31. The van der Waals surface area contributed by atoms with Crippen molar-refractivity contribution in [1.29, 1.82) is 0 Å². The summed E-state index contributed by atoms with van der Waals surface area (Å²) in [6.07, 6.45) is 0.894. The van der Waals surface area contributed by atoms with Gasteiger partial charge in [-0.25, -0.2) is 0 Å². The lowest BCUT2D eigenvalue weighted by Crippen LogP contribution is -2.39. The van der Waals surface area contributed by atoms with Crippen LogP contribution in [0.3, 0.4) is 0 Å². The Morgan fingerprint density at radius 3 is 2.59 bits per heavy atom. The number of rotatable bonds is 6. The van der Waals surface area contributed by atoms with E-state index in [0.29, 0.717) is 18.1 Å². The minimum Gasteiger partial charge on any atom is -0.379 e. The number of hydrogen-bond acceptors (Lipinski definition) is 4. The Hall–Kier alpha value is -2.22. The van der Waals surface area contributed by atoms with Gasteiger partial charge >= 0.3 is 0 Å². The first-order valence-electron chi connectivity index (χ1n) is 9.92. The first-order valence-corrected chi connectivity index (χ1v) is 10.7. The van der Waals surface area contributed by atoms with Crippen molar-refractivity contribution in [2.75, 3.05) is 44.7 Å². The number of carbonyl (C=O) groups is 1. The fourth-order valence-electron chi connectivity index (χ4n) is 3.10. The predicted molar refractivity (Wildman–Crippen MR) is 121 cm³/mol. The molecule has 0 atom stereocenters. The molecule has 1 heterocycles. The molecule has 3 rings (SSSR count). The fourth-order valence-corrected chi connectivity index (χ4v) is 3.36. The summed E-state index contributed by atoms with van der Waals surface area (Å²) in [5.74, 6) is 0.274. The SMILES string of the molecule is CCc1ccccc1NC(=NCCN1CCOCC1)NC(=O)c1ccc(Br)cc1. The molecular weight excluding hydrogens is 432 g/mol. The van der Waals surface area contributed by atoms with Gasteiger partial charge in [0.2, 0.25) is 5.96 Å². The Labute approximate surface area is 180 Å². The molecule has 2 aromatic carbocycles. The standard InChI is InChI=1S/C22H27BrN4O2/c1-2-17-5-3-4-6-20(17)25-22(24-11-12-27-13-15-29-16-14-27)26-21(28)18-7-9-19(23)10-8-18/h3-10H,2,11-16H2,1H3,(H2,24,25,26,28). The molecule has 1 aliphatic heterocycles. The summed E-state index contributed by atoms with van der Waals surface area (Å²) in [5.41, 5.74) is 2.71. The number of ether oxygens (including phenoxy) is 1. The van der Waals surface area contributed by atoms with Gasteiger partial charge in [0, 0.05) is 35.4 Å². The van der Waals surface area contributed by atoms with Crippen LogP contribution in [0.1, 0.15) is 22.8 Å². The number of morpholine rings is 1. The average molecular weight is 459 g/mol. The Bertz CT molecular complexity index is 833. The zero-order chi connectivity index (χ0) is 20.5. The highest BCUT2D eigenvalue weighted by Gasteiger charge is 2.12. The van der Waals surface area contributed by atoms with Crippen molar-refractivity contribution in [3.8, 4) is 0 Å². The molecule has 1 fully saturated rings. The Morgan fingerprint density at radius 1 is 1.14 bits per heavy atom. The van der Waals surface area contributed by atoms with Crippen molar-refractivity contribution in [2.24, 2.45) is 4.99 Å². The number of amides is 1. The predicted octanol–water partition coefficient (Wildman–Crippen LogP) is 3.54. The topological polar surface area (TPSA) is 66.0 Å². The minimum atomic E-state index is -0.191. The summed E-state index contributed by atoms with van der Waals surface area (Å²) in [4.78, 5) is 19.7. The van der Waals surface area contributed by atoms with Gasteiger partial charge in [0.25, 0.3) is 5.91 Å². The van der Waals surface area contributed by atoms with E-state index in [0.717, 1.165) is 49.4 Å². The Kier molecular flexibility index (Phi) is 8.22. The lowest BCUT2D eigenvalue weighted by atomic mass is 10.1. The maximum atomic E-state index is 12.7. The highest BCUT2D eigenvalue weighted by molar-refractivity contribution is 9.10. The van der Waals surface area contributed by atoms with Gasteiger partial charge in [-0.15, -0.1) is 0 Å². The van der Waals surface area contributed by atoms with Crippen LogP contribution in [-0.4, -0.2) is 56.2 Å². The number of carbonyl (C=O) groups excluding carboxylic acids is 1. The largest absolute Gasteiger partial charge is 0.379 e. The second-order valence-electron chi connectivity index (χ2n) is 6.78. The lowest BCUT2D eigenvalue weighted by Gasteiger charge is -2.25. The minimum absolute atomic E-state index is 0.191. The molecule has 1 aliphatic rings. The van der Waals surface area contributed by atoms with E-state index in [9.17, 15) is 4.79 Å².